The number of benzene rings is 2. The van der Waals surface area contributed by atoms with Crippen molar-refractivity contribution in [1.29, 1.82) is 0 Å². The van der Waals surface area contributed by atoms with Crippen molar-refractivity contribution < 1.29 is 9.59 Å². The second-order valence-corrected chi connectivity index (χ2v) is 7.63. The van der Waals surface area contributed by atoms with E-state index in [1.54, 1.807) is 0 Å². The van der Waals surface area contributed by atoms with E-state index in [0.717, 1.165) is 37.8 Å². The number of hydrogen-bond acceptors (Lipinski definition) is 3. The number of amides is 1. The van der Waals surface area contributed by atoms with Crippen LogP contribution in [-0.4, -0.2) is 29.2 Å². The van der Waals surface area contributed by atoms with E-state index in [9.17, 15) is 9.59 Å². The number of nitrogens with zero attached hydrogens (tertiary/aromatic N) is 1. The Morgan fingerprint density at radius 1 is 1.15 bits per heavy atom. The molecule has 0 radical (unpaired) electrons. The Kier molecular flexibility index (Phi) is 4.83. The molecule has 1 aliphatic carbocycles. The third kappa shape index (κ3) is 3.19. The van der Waals surface area contributed by atoms with Crippen LogP contribution < -0.4 is 5.32 Å². The number of nitrogens with one attached hydrogen (secondary N) is 1. The van der Waals surface area contributed by atoms with Gasteiger partial charge in [0.2, 0.25) is 0 Å². The fraction of sp³-hybridized carbons (Fsp3) is 0.391. The summed E-state index contributed by atoms with van der Waals surface area (Å²) in [7, 11) is 0. The van der Waals surface area contributed by atoms with Crippen molar-refractivity contribution in [3.8, 4) is 0 Å². The van der Waals surface area contributed by atoms with Gasteiger partial charge >= 0.3 is 0 Å². The first-order valence-electron chi connectivity index (χ1n) is 9.91. The van der Waals surface area contributed by atoms with Crippen LogP contribution in [0.5, 0.6) is 0 Å². The molecule has 0 aromatic heterocycles. The third-order valence-electron chi connectivity index (χ3n) is 6.00. The van der Waals surface area contributed by atoms with Gasteiger partial charge in [0.15, 0.2) is 0 Å². The number of rotatable bonds is 5. The Hall–Kier alpha value is -2.46. The molecule has 1 aliphatic heterocycles. The van der Waals surface area contributed by atoms with Gasteiger partial charge in [-0.3, -0.25) is 14.5 Å². The molecule has 4 heteroatoms. The molecule has 0 saturated carbocycles. The van der Waals surface area contributed by atoms with Gasteiger partial charge in [0.25, 0.3) is 11.7 Å². The molecule has 140 valence electrons. The number of carbonyl (C=O) groups excluding carboxylic acids is 2. The predicted molar refractivity (Wildman–Crippen MR) is 107 cm³/mol. The van der Waals surface area contributed by atoms with Crippen LogP contribution in [0.4, 0.5) is 5.69 Å². The summed E-state index contributed by atoms with van der Waals surface area (Å²) in [5, 5.41) is 2.69. The van der Waals surface area contributed by atoms with Crippen molar-refractivity contribution >= 4 is 17.4 Å². The van der Waals surface area contributed by atoms with E-state index in [-0.39, 0.29) is 5.78 Å². The highest BCUT2D eigenvalue weighted by Gasteiger charge is 2.35. The number of ketones is 1. The number of hydrogen-bond donors (Lipinski definition) is 1. The minimum atomic E-state index is -0.495. The normalized spacial score (nSPS) is 19.6. The minimum Gasteiger partial charge on any atom is -0.318 e. The van der Waals surface area contributed by atoms with Crippen LogP contribution in [-0.2, 0) is 17.6 Å². The van der Waals surface area contributed by atoms with Crippen molar-refractivity contribution in [2.24, 2.45) is 0 Å². The van der Waals surface area contributed by atoms with Gasteiger partial charge in [0.1, 0.15) is 0 Å². The second-order valence-electron chi connectivity index (χ2n) is 7.63. The summed E-state index contributed by atoms with van der Waals surface area (Å²) < 4.78 is 0. The van der Waals surface area contributed by atoms with Crippen molar-refractivity contribution in [3.05, 3.63) is 64.7 Å². The molecular weight excluding hydrogens is 336 g/mol. The van der Waals surface area contributed by atoms with Crippen LogP contribution >= 0.6 is 0 Å². The first kappa shape index (κ1) is 17.9. The van der Waals surface area contributed by atoms with Crippen molar-refractivity contribution in [1.82, 2.24) is 4.90 Å². The summed E-state index contributed by atoms with van der Waals surface area (Å²) >= 11 is 0. The van der Waals surface area contributed by atoms with Crippen LogP contribution in [0.2, 0.25) is 0 Å². The second kappa shape index (κ2) is 7.28. The van der Waals surface area contributed by atoms with E-state index in [4.69, 9.17) is 0 Å². The van der Waals surface area contributed by atoms with E-state index in [1.165, 1.54) is 11.1 Å². The van der Waals surface area contributed by atoms with Gasteiger partial charge in [-0.1, -0.05) is 43.3 Å². The van der Waals surface area contributed by atoms with E-state index in [1.807, 2.05) is 6.07 Å². The van der Waals surface area contributed by atoms with Crippen LogP contribution in [0.3, 0.4) is 0 Å². The topological polar surface area (TPSA) is 49.4 Å². The number of Topliss-reactive ketones (excluding diaryl/α,β-unsaturated/α-hetero) is 1. The van der Waals surface area contributed by atoms with Gasteiger partial charge < -0.3 is 5.32 Å². The highest BCUT2D eigenvalue weighted by molar-refractivity contribution is 6.52. The largest absolute Gasteiger partial charge is 0.318 e. The van der Waals surface area contributed by atoms with Crippen LogP contribution in [0.25, 0.3) is 0 Å². The van der Waals surface area contributed by atoms with E-state index >= 15 is 0 Å². The zero-order valence-corrected chi connectivity index (χ0v) is 16.0. The molecule has 2 aromatic rings. The Bertz CT molecular complexity index is 875. The summed E-state index contributed by atoms with van der Waals surface area (Å²) in [6.45, 7) is 5.57. The third-order valence-corrected chi connectivity index (χ3v) is 6.00. The SMILES string of the molecule is CCCN(C1CCc2c(ccc3c2C(=O)C(=O)N3)C1)[C@H](C)c1ccccc1. The molecule has 1 amide bonds. The minimum absolute atomic E-state index is 0.358. The predicted octanol–water partition coefficient (Wildman–Crippen LogP) is 4.15. The zero-order valence-electron chi connectivity index (χ0n) is 16.0. The first-order chi connectivity index (χ1) is 13.1. The molecule has 2 atom stereocenters. The van der Waals surface area contributed by atoms with Crippen LogP contribution in [0, 0.1) is 0 Å². The monoisotopic (exact) mass is 362 g/mol. The van der Waals surface area contributed by atoms with E-state index < -0.39 is 5.91 Å². The summed E-state index contributed by atoms with van der Waals surface area (Å²) in [5.74, 6) is -0.866. The zero-order chi connectivity index (χ0) is 19.0. The average Bonchev–Trinajstić information content (AvgIpc) is 3.00. The summed E-state index contributed by atoms with van der Waals surface area (Å²) in [6, 6.07) is 15.5. The molecule has 0 fully saturated rings. The maximum Gasteiger partial charge on any atom is 0.296 e. The van der Waals surface area contributed by atoms with E-state index in [0.29, 0.717) is 23.3 Å². The molecule has 0 saturated heterocycles. The van der Waals surface area contributed by atoms with Gasteiger partial charge in [-0.2, -0.15) is 0 Å². The molecule has 4 nitrogen and oxygen atoms in total. The maximum absolute atomic E-state index is 12.3. The molecule has 27 heavy (non-hydrogen) atoms. The number of fused-ring (bicyclic) bond motifs is 3. The van der Waals surface area contributed by atoms with Crippen LogP contribution in [0.15, 0.2) is 42.5 Å². The van der Waals surface area contributed by atoms with Gasteiger partial charge in [0, 0.05) is 12.1 Å². The van der Waals surface area contributed by atoms with Crippen molar-refractivity contribution in [3.63, 3.8) is 0 Å². The highest BCUT2D eigenvalue weighted by Crippen LogP contribution is 2.36. The molecular formula is C23H26N2O2. The lowest BCUT2D eigenvalue weighted by Crippen LogP contribution is -2.41. The fourth-order valence-electron chi connectivity index (χ4n) is 4.65. The smallest absolute Gasteiger partial charge is 0.296 e. The van der Waals surface area contributed by atoms with Gasteiger partial charge in [0.05, 0.1) is 11.3 Å². The standard InChI is InChI=1S/C23H26N2O2/c1-3-13-25(15(2)16-7-5-4-6-8-16)18-10-11-19-17(14-18)9-12-20-21(19)22(26)23(27)24-20/h4-9,12,15,18H,3,10-11,13-14H2,1-2H3,(H,24,26,27)/t15-,18?/m1/s1. The van der Waals surface area contributed by atoms with Crippen LogP contribution in [0.1, 0.15) is 59.8 Å². The molecule has 4 rings (SSSR count). The lowest BCUT2D eigenvalue weighted by atomic mass is 9.83. The Labute approximate surface area is 160 Å². The maximum atomic E-state index is 12.3. The molecule has 2 aromatic carbocycles. The lowest BCUT2D eigenvalue weighted by molar-refractivity contribution is -0.112. The van der Waals surface area contributed by atoms with Crippen molar-refractivity contribution in [2.45, 2.75) is 51.6 Å². The molecule has 2 aliphatic rings. The molecule has 0 bridgehead atoms. The summed E-state index contributed by atoms with van der Waals surface area (Å²) in [4.78, 5) is 26.6. The Morgan fingerprint density at radius 3 is 2.67 bits per heavy atom. The molecule has 1 heterocycles. The van der Waals surface area contributed by atoms with Crippen molar-refractivity contribution in [2.75, 3.05) is 11.9 Å². The quantitative estimate of drug-likeness (QED) is 0.813. The lowest BCUT2D eigenvalue weighted by Gasteiger charge is -2.39. The summed E-state index contributed by atoms with van der Waals surface area (Å²) in [5.41, 5.74) is 4.95. The molecule has 0 spiro atoms. The fourth-order valence-corrected chi connectivity index (χ4v) is 4.65. The Morgan fingerprint density at radius 2 is 1.93 bits per heavy atom. The number of anilines is 1. The number of carbonyl (C=O) groups is 2. The van der Waals surface area contributed by atoms with E-state index in [2.05, 4.69) is 60.5 Å². The molecule has 1 unspecified atom stereocenters. The summed E-state index contributed by atoms with van der Waals surface area (Å²) in [6.07, 6.45) is 3.91. The molecule has 1 N–H and O–H groups in total. The highest BCUT2D eigenvalue weighted by atomic mass is 16.2. The average molecular weight is 362 g/mol. The van der Waals surface area contributed by atoms with Gasteiger partial charge in [-0.05, 0) is 61.9 Å². The Balaban J connectivity index is 1.61. The van der Waals surface area contributed by atoms with Gasteiger partial charge in [-0.25, -0.2) is 0 Å². The first-order valence-corrected chi connectivity index (χ1v) is 9.91. The van der Waals surface area contributed by atoms with Gasteiger partial charge in [-0.15, -0.1) is 0 Å².